The van der Waals surface area contributed by atoms with Crippen molar-refractivity contribution in [1.82, 2.24) is 14.5 Å². The molecule has 5 nitrogen and oxygen atoms in total. The van der Waals surface area contributed by atoms with Crippen molar-refractivity contribution >= 4 is 26.7 Å². The summed E-state index contributed by atoms with van der Waals surface area (Å²) < 4.78 is 16.7. The minimum absolute atomic E-state index is 0.0239. The van der Waals surface area contributed by atoms with Crippen LogP contribution in [0, 0.1) is 18.7 Å². The van der Waals surface area contributed by atoms with Crippen LogP contribution in [0.15, 0.2) is 30.9 Å². The standard InChI is InChI=1S/C17H19FN4OS/c1-10-12(18)2-3-15-16(10)21-17(24-15)20-13-6-11(7-14(13)23)8-22-5-4-19-9-22/h2-5,9,11,13-14,23H,6-8H2,1H3,(H,20,21)/t11?,13-,14-/m1/s1. The number of hydrogen-bond acceptors (Lipinski definition) is 5. The van der Waals surface area contributed by atoms with E-state index in [2.05, 4.69) is 15.3 Å². The van der Waals surface area contributed by atoms with Crippen molar-refractivity contribution in [2.24, 2.45) is 5.92 Å². The number of aliphatic hydroxyl groups is 1. The lowest BCUT2D eigenvalue weighted by Crippen LogP contribution is -2.27. The van der Waals surface area contributed by atoms with E-state index in [9.17, 15) is 9.50 Å². The van der Waals surface area contributed by atoms with Gasteiger partial charge in [0, 0.05) is 24.5 Å². The zero-order valence-corrected chi connectivity index (χ0v) is 14.1. The Morgan fingerprint density at radius 1 is 1.42 bits per heavy atom. The summed E-state index contributed by atoms with van der Waals surface area (Å²) in [6.07, 6.45) is 6.75. The van der Waals surface area contributed by atoms with Gasteiger partial charge in [-0.25, -0.2) is 14.4 Å². The van der Waals surface area contributed by atoms with E-state index in [0.29, 0.717) is 17.0 Å². The molecule has 0 spiro atoms. The van der Waals surface area contributed by atoms with E-state index in [4.69, 9.17) is 0 Å². The second-order valence-electron chi connectivity index (χ2n) is 6.45. The molecule has 1 aliphatic carbocycles. The minimum atomic E-state index is -0.400. The quantitative estimate of drug-likeness (QED) is 0.761. The first-order valence-electron chi connectivity index (χ1n) is 8.06. The highest BCUT2D eigenvalue weighted by molar-refractivity contribution is 7.22. The molecule has 7 heteroatoms. The lowest BCUT2D eigenvalue weighted by atomic mass is 10.1. The van der Waals surface area contributed by atoms with E-state index in [1.807, 2.05) is 10.8 Å². The summed E-state index contributed by atoms with van der Waals surface area (Å²) in [6.45, 7) is 2.60. The highest BCUT2D eigenvalue weighted by Gasteiger charge is 2.33. The minimum Gasteiger partial charge on any atom is -0.391 e. The van der Waals surface area contributed by atoms with E-state index in [0.717, 1.165) is 29.2 Å². The highest BCUT2D eigenvalue weighted by atomic mass is 32.1. The summed E-state index contributed by atoms with van der Waals surface area (Å²) in [6, 6.07) is 3.21. The molecule has 0 radical (unpaired) electrons. The fourth-order valence-electron chi connectivity index (χ4n) is 3.44. The van der Waals surface area contributed by atoms with Crippen LogP contribution in [0.2, 0.25) is 0 Å². The molecule has 2 aromatic heterocycles. The Labute approximate surface area is 143 Å². The zero-order valence-electron chi connectivity index (χ0n) is 13.3. The van der Waals surface area contributed by atoms with Crippen molar-refractivity contribution in [3.63, 3.8) is 0 Å². The molecule has 126 valence electrons. The van der Waals surface area contributed by atoms with E-state index in [-0.39, 0.29) is 11.9 Å². The predicted molar refractivity (Wildman–Crippen MR) is 92.7 cm³/mol. The van der Waals surface area contributed by atoms with Gasteiger partial charge in [-0.2, -0.15) is 0 Å². The van der Waals surface area contributed by atoms with E-state index in [1.165, 1.54) is 17.4 Å². The topological polar surface area (TPSA) is 63.0 Å². The number of nitrogens with zero attached hydrogens (tertiary/aromatic N) is 3. The van der Waals surface area contributed by atoms with Gasteiger partial charge >= 0.3 is 0 Å². The number of thiazole rings is 1. The lowest BCUT2D eigenvalue weighted by molar-refractivity contribution is 0.166. The maximum absolute atomic E-state index is 13.7. The van der Waals surface area contributed by atoms with Gasteiger partial charge in [-0.15, -0.1) is 0 Å². The number of anilines is 1. The Balaban J connectivity index is 1.48. The second kappa shape index (κ2) is 6.14. The molecule has 1 aromatic carbocycles. The number of halogens is 1. The second-order valence-corrected chi connectivity index (χ2v) is 7.48. The molecular weight excluding hydrogens is 327 g/mol. The lowest BCUT2D eigenvalue weighted by Gasteiger charge is -2.15. The van der Waals surface area contributed by atoms with Crippen LogP contribution in [0.5, 0.6) is 0 Å². The largest absolute Gasteiger partial charge is 0.391 e. The smallest absolute Gasteiger partial charge is 0.184 e. The third-order valence-electron chi connectivity index (χ3n) is 4.71. The molecule has 4 rings (SSSR count). The maximum atomic E-state index is 13.7. The summed E-state index contributed by atoms with van der Waals surface area (Å²) in [7, 11) is 0. The number of rotatable bonds is 4. The first-order chi connectivity index (χ1) is 11.6. The van der Waals surface area contributed by atoms with Gasteiger partial charge in [-0.1, -0.05) is 11.3 Å². The molecule has 1 aliphatic rings. The van der Waals surface area contributed by atoms with Crippen LogP contribution in [0.1, 0.15) is 18.4 Å². The number of nitrogens with one attached hydrogen (secondary N) is 1. The van der Waals surface area contributed by atoms with Gasteiger partial charge in [0.15, 0.2) is 5.13 Å². The van der Waals surface area contributed by atoms with Crippen LogP contribution >= 0.6 is 11.3 Å². The number of fused-ring (bicyclic) bond motifs is 1. The SMILES string of the molecule is Cc1c(F)ccc2sc(N[C@@H]3CC(Cn4ccnc4)C[C@H]3O)nc12. The van der Waals surface area contributed by atoms with Gasteiger partial charge in [-0.3, -0.25) is 0 Å². The molecule has 24 heavy (non-hydrogen) atoms. The number of hydrogen-bond donors (Lipinski definition) is 2. The first-order valence-corrected chi connectivity index (χ1v) is 8.88. The van der Waals surface area contributed by atoms with Crippen molar-refractivity contribution in [1.29, 1.82) is 0 Å². The first kappa shape index (κ1) is 15.5. The van der Waals surface area contributed by atoms with E-state index >= 15 is 0 Å². The third-order valence-corrected chi connectivity index (χ3v) is 5.66. The van der Waals surface area contributed by atoms with E-state index in [1.54, 1.807) is 25.5 Å². The highest BCUT2D eigenvalue weighted by Crippen LogP contribution is 2.34. The van der Waals surface area contributed by atoms with Crippen molar-refractivity contribution in [3.05, 3.63) is 42.2 Å². The van der Waals surface area contributed by atoms with Gasteiger partial charge in [-0.05, 0) is 37.8 Å². The number of aliphatic hydroxyl groups excluding tert-OH is 1. The predicted octanol–water partition coefficient (Wildman–Crippen LogP) is 3.19. The van der Waals surface area contributed by atoms with Gasteiger partial charge in [0.05, 0.1) is 28.7 Å². The molecule has 3 atom stereocenters. The Kier molecular flexibility index (Phi) is 3.97. The third kappa shape index (κ3) is 2.89. The molecule has 0 saturated heterocycles. The molecule has 2 heterocycles. The van der Waals surface area contributed by atoms with Crippen LogP contribution in [0.25, 0.3) is 10.2 Å². The Hall–Kier alpha value is -1.99. The fourth-order valence-corrected chi connectivity index (χ4v) is 4.42. The monoisotopic (exact) mass is 346 g/mol. The molecular formula is C17H19FN4OS. The summed E-state index contributed by atoms with van der Waals surface area (Å²) >= 11 is 1.50. The van der Waals surface area contributed by atoms with Crippen LogP contribution in [0.4, 0.5) is 9.52 Å². The molecule has 0 aliphatic heterocycles. The summed E-state index contributed by atoms with van der Waals surface area (Å²) in [4.78, 5) is 8.57. The van der Waals surface area contributed by atoms with Gasteiger partial charge < -0.3 is 15.0 Å². The van der Waals surface area contributed by atoms with Crippen molar-refractivity contribution < 1.29 is 9.50 Å². The molecule has 1 unspecified atom stereocenters. The van der Waals surface area contributed by atoms with E-state index < -0.39 is 6.10 Å². The van der Waals surface area contributed by atoms with Crippen LogP contribution in [0.3, 0.4) is 0 Å². The van der Waals surface area contributed by atoms with Gasteiger partial charge in [0.2, 0.25) is 0 Å². The summed E-state index contributed by atoms with van der Waals surface area (Å²) in [5.41, 5.74) is 1.27. The van der Waals surface area contributed by atoms with Crippen LogP contribution in [-0.2, 0) is 6.54 Å². The van der Waals surface area contributed by atoms with Crippen LogP contribution < -0.4 is 5.32 Å². The number of benzene rings is 1. The summed E-state index contributed by atoms with van der Waals surface area (Å²) in [5.74, 6) is 0.168. The maximum Gasteiger partial charge on any atom is 0.184 e. The zero-order chi connectivity index (χ0) is 16.7. The number of imidazole rings is 1. The molecule has 0 amide bonds. The Bertz CT molecular complexity index is 848. The van der Waals surface area contributed by atoms with Gasteiger partial charge in [0.25, 0.3) is 0 Å². The van der Waals surface area contributed by atoms with Crippen molar-refractivity contribution in [2.45, 2.75) is 38.5 Å². The van der Waals surface area contributed by atoms with Crippen molar-refractivity contribution in [2.75, 3.05) is 5.32 Å². The number of aryl methyl sites for hydroxylation is 1. The van der Waals surface area contributed by atoms with Crippen molar-refractivity contribution in [3.8, 4) is 0 Å². The molecule has 1 saturated carbocycles. The Morgan fingerprint density at radius 3 is 3.08 bits per heavy atom. The average molecular weight is 346 g/mol. The normalized spacial score (nSPS) is 23.9. The molecule has 0 bridgehead atoms. The fraction of sp³-hybridized carbons (Fsp3) is 0.412. The summed E-state index contributed by atoms with van der Waals surface area (Å²) in [5, 5.41) is 14.4. The molecule has 1 fully saturated rings. The number of aromatic nitrogens is 3. The van der Waals surface area contributed by atoms with Crippen LogP contribution in [-0.4, -0.2) is 31.8 Å². The molecule has 2 N–H and O–H groups in total. The average Bonchev–Trinajstić information content (AvgIpc) is 3.26. The Morgan fingerprint density at radius 2 is 2.29 bits per heavy atom. The van der Waals surface area contributed by atoms with Gasteiger partial charge in [0.1, 0.15) is 5.82 Å². The molecule has 3 aromatic rings.